The second-order valence-electron chi connectivity index (χ2n) is 4.02. The van der Waals surface area contributed by atoms with Crippen LogP contribution >= 0.6 is 0 Å². The van der Waals surface area contributed by atoms with Crippen molar-refractivity contribution in [1.82, 2.24) is 25.3 Å². The summed E-state index contributed by atoms with van der Waals surface area (Å²) in [6, 6.07) is 6.90. The van der Waals surface area contributed by atoms with Gasteiger partial charge >= 0.3 is 0 Å². The zero-order valence-corrected chi connectivity index (χ0v) is 10.4. The first kappa shape index (κ1) is 12.1. The maximum atomic E-state index is 11.7. The highest BCUT2D eigenvalue weighted by atomic mass is 16.3. The molecule has 0 spiro atoms. The summed E-state index contributed by atoms with van der Waals surface area (Å²) in [5, 5.41) is 10.7. The Labute approximate surface area is 114 Å². The molecule has 1 N–H and O–H groups in total. The second kappa shape index (κ2) is 5.35. The Hall–Kier alpha value is -2.96. The van der Waals surface area contributed by atoms with Gasteiger partial charge in [-0.15, -0.1) is 5.10 Å². The molecule has 0 bridgehead atoms. The lowest BCUT2D eigenvalue weighted by atomic mass is 10.4. The van der Waals surface area contributed by atoms with Gasteiger partial charge in [0, 0.05) is 12.4 Å². The number of furan rings is 1. The van der Waals surface area contributed by atoms with E-state index in [-0.39, 0.29) is 18.2 Å². The van der Waals surface area contributed by atoms with Crippen molar-refractivity contribution in [2.75, 3.05) is 0 Å². The Kier molecular flexibility index (Phi) is 3.24. The van der Waals surface area contributed by atoms with E-state index in [1.54, 1.807) is 35.4 Å². The van der Waals surface area contributed by atoms with Crippen LogP contribution in [0.2, 0.25) is 0 Å². The van der Waals surface area contributed by atoms with Crippen molar-refractivity contribution >= 4 is 5.91 Å². The third-order valence-corrected chi connectivity index (χ3v) is 2.64. The Morgan fingerprint density at radius 1 is 1.30 bits per heavy atom. The number of carbonyl (C=O) groups is 1. The minimum atomic E-state index is -0.284. The summed E-state index contributed by atoms with van der Waals surface area (Å²) in [5.74, 6) is -0.0139. The molecular formula is C13H11N5O2. The van der Waals surface area contributed by atoms with Crippen LogP contribution in [0.5, 0.6) is 0 Å². The molecular weight excluding hydrogens is 258 g/mol. The third-order valence-electron chi connectivity index (χ3n) is 2.64. The quantitative estimate of drug-likeness (QED) is 0.768. The van der Waals surface area contributed by atoms with Gasteiger partial charge < -0.3 is 9.73 Å². The highest BCUT2D eigenvalue weighted by molar-refractivity contribution is 5.91. The fraction of sp³-hybridized carbons (Fsp3) is 0.0769. The van der Waals surface area contributed by atoms with E-state index in [9.17, 15) is 4.79 Å². The smallest absolute Gasteiger partial charge is 0.287 e. The lowest BCUT2D eigenvalue weighted by molar-refractivity contribution is 0.0922. The largest absolute Gasteiger partial charge is 0.459 e. The summed E-state index contributed by atoms with van der Waals surface area (Å²) >= 11 is 0. The number of hydrogen-bond acceptors (Lipinski definition) is 5. The van der Waals surface area contributed by atoms with E-state index in [1.165, 1.54) is 6.26 Å². The first-order chi connectivity index (χ1) is 9.83. The molecule has 0 aromatic carbocycles. The Morgan fingerprint density at radius 3 is 2.90 bits per heavy atom. The molecule has 3 rings (SSSR count). The van der Waals surface area contributed by atoms with Gasteiger partial charge in [-0.25, -0.2) is 4.68 Å². The Balaban J connectivity index is 1.65. The molecule has 0 unspecified atom stereocenters. The summed E-state index contributed by atoms with van der Waals surface area (Å²) in [5.41, 5.74) is 1.51. The van der Waals surface area contributed by atoms with Crippen molar-refractivity contribution in [1.29, 1.82) is 0 Å². The van der Waals surface area contributed by atoms with E-state index < -0.39 is 0 Å². The predicted octanol–water partition coefficient (Wildman–Crippen LogP) is 1.19. The van der Waals surface area contributed by atoms with E-state index in [0.717, 1.165) is 5.69 Å². The minimum absolute atomic E-state index is 0.270. The van der Waals surface area contributed by atoms with Crippen LogP contribution in [0.15, 0.2) is 53.5 Å². The van der Waals surface area contributed by atoms with Gasteiger partial charge in [0.2, 0.25) is 0 Å². The van der Waals surface area contributed by atoms with Gasteiger partial charge in [0.15, 0.2) is 5.76 Å². The lowest BCUT2D eigenvalue weighted by Gasteiger charge is -1.99. The highest BCUT2D eigenvalue weighted by Gasteiger charge is 2.09. The summed E-state index contributed by atoms with van der Waals surface area (Å²) in [7, 11) is 0. The van der Waals surface area contributed by atoms with Crippen molar-refractivity contribution in [3.63, 3.8) is 0 Å². The molecule has 0 radical (unpaired) electrons. The first-order valence-corrected chi connectivity index (χ1v) is 5.96. The Bertz CT molecular complexity index is 691. The van der Waals surface area contributed by atoms with E-state index >= 15 is 0 Å². The number of hydrogen-bond donors (Lipinski definition) is 1. The molecule has 0 fully saturated rings. The zero-order chi connectivity index (χ0) is 13.8. The van der Waals surface area contributed by atoms with Crippen molar-refractivity contribution in [2.24, 2.45) is 0 Å². The molecule has 3 aromatic rings. The van der Waals surface area contributed by atoms with Gasteiger partial charge in [-0.05, 0) is 24.3 Å². The van der Waals surface area contributed by atoms with Crippen LogP contribution in [0.25, 0.3) is 5.69 Å². The zero-order valence-electron chi connectivity index (χ0n) is 10.4. The summed E-state index contributed by atoms with van der Waals surface area (Å²) in [6.45, 7) is 0.282. The molecule has 0 aliphatic carbocycles. The Morgan fingerprint density at radius 2 is 2.15 bits per heavy atom. The van der Waals surface area contributed by atoms with Gasteiger partial charge in [-0.3, -0.25) is 9.78 Å². The summed E-state index contributed by atoms with van der Waals surface area (Å²) < 4.78 is 6.62. The van der Waals surface area contributed by atoms with Crippen LogP contribution < -0.4 is 5.32 Å². The van der Waals surface area contributed by atoms with Crippen molar-refractivity contribution in [2.45, 2.75) is 6.54 Å². The summed E-state index contributed by atoms with van der Waals surface area (Å²) in [4.78, 5) is 15.6. The van der Waals surface area contributed by atoms with Crippen LogP contribution in [-0.4, -0.2) is 25.9 Å². The third kappa shape index (κ3) is 2.56. The molecule has 20 heavy (non-hydrogen) atoms. The molecule has 1 amide bonds. The van der Waals surface area contributed by atoms with Gasteiger partial charge in [0.25, 0.3) is 5.91 Å². The van der Waals surface area contributed by atoms with Crippen molar-refractivity contribution in [3.05, 3.63) is 60.6 Å². The van der Waals surface area contributed by atoms with Crippen molar-refractivity contribution < 1.29 is 9.21 Å². The molecule has 0 saturated carbocycles. The maximum Gasteiger partial charge on any atom is 0.287 e. The molecule has 0 atom stereocenters. The van der Waals surface area contributed by atoms with Gasteiger partial charge in [-0.2, -0.15) is 0 Å². The topological polar surface area (TPSA) is 85.8 Å². The molecule has 3 heterocycles. The average molecular weight is 269 g/mol. The number of pyridine rings is 1. The lowest BCUT2D eigenvalue weighted by Crippen LogP contribution is -2.22. The number of nitrogens with zero attached hydrogens (tertiary/aromatic N) is 4. The van der Waals surface area contributed by atoms with Crippen molar-refractivity contribution in [3.8, 4) is 5.69 Å². The fourth-order valence-electron chi connectivity index (χ4n) is 1.67. The number of nitrogens with one attached hydrogen (secondary N) is 1. The van der Waals surface area contributed by atoms with Crippen LogP contribution in [0.1, 0.15) is 16.2 Å². The van der Waals surface area contributed by atoms with Crippen LogP contribution in [-0.2, 0) is 6.54 Å². The molecule has 7 heteroatoms. The van der Waals surface area contributed by atoms with Crippen LogP contribution in [0.3, 0.4) is 0 Å². The standard InChI is InChI=1S/C13H11N5O2/c19-13(12-2-1-7-20-12)15-8-10-9-18(17-16-10)11-3-5-14-6-4-11/h1-7,9H,8H2,(H,15,19). The SMILES string of the molecule is O=C(NCc1cn(-c2ccncc2)nn1)c1ccco1. The van der Waals surface area contributed by atoms with Gasteiger partial charge in [0.1, 0.15) is 5.69 Å². The predicted molar refractivity (Wildman–Crippen MR) is 69.0 cm³/mol. The number of amides is 1. The van der Waals surface area contributed by atoms with E-state index in [1.807, 2.05) is 12.1 Å². The maximum absolute atomic E-state index is 11.7. The summed E-state index contributed by atoms with van der Waals surface area (Å²) in [6.07, 6.45) is 6.55. The molecule has 3 aromatic heterocycles. The molecule has 0 aliphatic heterocycles. The first-order valence-electron chi connectivity index (χ1n) is 5.96. The van der Waals surface area contributed by atoms with Crippen LogP contribution in [0, 0.1) is 0 Å². The van der Waals surface area contributed by atoms with E-state index in [0.29, 0.717) is 5.69 Å². The average Bonchev–Trinajstić information content (AvgIpc) is 3.17. The number of rotatable bonds is 4. The van der Waals surface area contributed by atoms with E-state index in [2.05, 4.69) is 20.6 Å². The normalized spacial score (nSPS) is 10.4. The van der Waals surface area contributed by atoms with Crippen LogP contribution in [0.4, 0.5) is 0 Å². The molecule has 0 saturated heterocycles. The van der Waals surface area contributed by atoms with Gasteiger partial charge in [0.05, 0.1) is 24.7 Å². The minimum Gasteiger partial charge on any atom is -0.459 e. The number of aromatic nitrogens is 4. The molecule has 7 nitrogen and oxygen atoms in total. The second-order valence-corrected chi connectivity index (χ2v) is 4.02. The molecule has 0 aliphatic rings. The highest BCUT2D eigenvalue weighted by Crippen LogP contribution is 2.05. The van der Waals surface area contributed by atoms with Gasteiger partial charge in [-0.1, -0.05) is 5.21 Å². The monoisotopic (exact) mass is 269 g/mol. The molecule has 100 valence electrons. The van der Waals surface area contributed by atoms with E-state index in [4.69, 9.17) is 4.42 Å². The number of carbonyl (C=O) groups excluding carboxylic acids is 1. The fourth-order valence-corrected chi connectivity index (χ4v) is 1.67.